The first-order valence-corrected chi connectivity index (χ1v) is 4.83. The van der Waals surface area contributed by atoms with Crippen LogP contribution >= 0.6 is 0 Å². The van der Waals surface area contributed by atoms with E-state index < -0.39 is 5.97 Å². The maximum absolute atomic E-state index is 10.6. The topological polar surface area (TPSA) is 83.6 Å². The number of amides is 1. The van der Waals surface area contributed by atoms with Crippen LogP contribution in [0.5, 0.6) is 0 Å². The van der Waals surface area contributed by atoms with Crippen molar-refractivity contribution in [1.29, 1.82) is 0 Å². The second-order valence-corrected chi connectivity index (χ2v) is 3.67. The Bertz CT molecular complexity index is 222. The summed E-state index contributed by atoms with van der Waals surface area (Å²) in [5.74, 6) is -1.22. The lowest BCUT2D eigenvalue weighted by atomic mass is 9.97. The van der Waals surface area contributed by atoms with Crippen LogP contribution in [0.3, 0.4) is 0 Å². The average molecular weight is 200 g/mol. The quantitative estimate of drug-likeness (QED) is 0.650. The number of carbonyl (C=O) groups is 2. The van der Waals surface area contributed by atoms with E-state index in [4.69, 9.17) is 10.8 Å². The van der Waals surface area contributed by atoms with Crippen LogP contribution in [-0.4, -0.2) is 41.5 Å². The van der Waals surface area contributed by atoms with Gasteiger partial charge in [0.05, 0.1) is 5.92 Å². The van der Waals surface area contributed by atoms with Crippen LogP contribution < -0.4 is 5.73 Å². The second-order valence-electron chi connectivity index (χ2n) is 3.67. The van der Waals surface area contributed by atoms with E-state index in [1.165, 1.54) is 0 Å². The summed E-state index contributed by atoms with van der Waals surface area (Å²) in [6.07, 6.45) is 1.71. The molecule has 1 amide bonds. The van der Waals surface area contributed by atoms with Gasteiger partial charge in [-0.1, -0.05) is 0 Å². The van der Waals surface area contributed by atoms with Gasteiger partial charge in [-0.2, -0.15) is 0 Å². The average Bonchev–Trinajstić information content (AvgIpc) is 2.15. The summed E-state index contributed by atoms with van der Waals surface area (Å²) in [6.45, 7) is 2.16. The highest BCUT2D eigenvalue weighted by Crippen LogP contribution is 2.16. The molecule has 0 radical (unpaired) electrons. The van der Waals surface area contributed by atoms with Crippen LogP contribution in [-0.2, 0) is 9.59 Å². The first kappa shape index (κ1) is 11.0. The van der Waals surface area contributed by atoms with Gasteiger partial charge in [0.25, 0.3) is 0 Å². The van der Waals surface area contributed by atoms with Crippen molar-refractivity contribution in [2.24, 2.45) is 11.7 Å². The van der Waals surface area contributed by atoms with Crippen molar-refractivity contribution >= 4 is 11.9 Å². The highest BCUT2D eigenvalue weighted by Gasteiger charge is 2.24. The Balaban J connectivity index is 2.22. The SMILES string of the molecule is NC(=O)CCN1CCC(C(=O)O)CC1. The maximum atomic E-state index is 10.6. The lowest BCUT2D eigenvalue weighted by molar-refractivity contribution is -0.143. The van der Waals surface area contributed by atoms with Crippen molar-refractivity contribution in [2.45, 2.75) is 19.3 Å². The van der Waals surface area contributed by atoms with Crippen molar-refractivity contribution in [3.63, 3.8) is 0 Å². The largest absolute Gasteiger partial charge is 0.481 e. The molecule has 0 spiro atoms. The minimum absolute atomic E-state index is 0.208. The number of rotatable bonds is 4. The van der Waals surface area contributed by atoms with Gasteiger partial charge >= 0.3 is 5.97 Å². The Labute approximate surface area is 82.9 Å². The van der Waals surface area contributed by atoms with Crippen molar-refractivity contribution in [1.82, 2.24) is 4.90 Å². The summed E-state index contributed by atoms with van der Waals surface area (Å²) in [5, 5.41) is 8.75. The van der Waals surface area contributed by atoms with E-state index in [0.717, 1.165) is 13.1 Å². The Morgan fingerprint density at radius 3 is 2.36 bits per heavy atom. The monoisotopic (exact) mass is 200 g/mol. The predicted molar refractivity (Wildman–Crippen MR) is 50.6 cm³/mol. The van der Waals surface area contributed by atoms with Gasteiger partial charge in [0.1, 0.15) is 0 Å². The third kappa shape index (κ3) is 3.33. The smallest absolute Gasteiger partial charge is 0.306 e. The molecule has 1 aliphatic heterocycles. The van der Waals surface area contributed by atoms with E-state index in [1.807, 2.05) is 0 Å². The molecular formula is C9H16N2O3. The Kier molecular flexibility index (Phi) is 3.88. The van der Waals surface area contributed by atoms with Crippen LogP contribution in [0.1, 0.15) is 19.3 Å². The molecule has 1 heterocycles. The Hall–Kier alpha value is -1.10. The molecule has 1 saturated heterocycles. The molecule has 0 bridgehead atoms. The van der Waals surface area contributed by atoms with E-state index in [1.54, 1.807) is 0 Å². The van der Waals surface area contributed by atoms with Crippen LogP contribution in [0, 0.1) is 5.92 Å². The Morgan fingerprint density at radius 2 is 1.93 bits per heavy atom. The van der Waals surface area contributed by atoms with Crippen molar-refractivity contribution in [3.05, 3.63) is 0 Å². The summed E-state index contributed by atoms with van der Waals surface area (Å²) in [4.78, 5) is 23.2. The molecule has 5 nitrogen and oxygen atoms in total. The third-order valence-corrected chi connectivity index (χ3v) is 2.61. The van der Waals surface area contributed by atoms with Gasteiger partial charge in [-0.15, -0.1) is 0 Å². The van der Waals surface area contributed by atoms with Gasteiger partial charge in [-0.05, 0) is 25.9 Å². The number of nitrogens with two attached hydrogens (primary N) is 1. The Morgan fingerprint density at radius 1 is 1.36 bits per heavy atom. The van der Waals surface area contributed by atoms with E-state index in [2.05, 4.69) is 4.90 Å². The van der Waals surface area contributed by atoms with Crippen molar-refractivity contribution in [2.75, 3.05) is 19.6 Å². The first-order valence-electron chi connectivity index (χ1n) is 4.83. The molecule has 1 fully saturated rings. The zero-order chi connectivity index (χ0) is 10.6. The normalized spacial score (nSPS) is 19.4. The number of carboxylic acids is 1. The molecule has 1 rings (SSSR count). The summed E-state index contributed by atoms with van der Waals surface area (Å²) < 4.78 is 0. The highest BCUT2D eigenvalue weighted by molar-refractivity contribution is 5.73. The molecule has 3 N–H and O–H groups in total. The standard InChI is InChI=1S/C9H16N2O3/c10-8(12)3-6-11-4-1-7(2-5-11)9(13)14/h7H,1-6H2,(H2,10,12)(H,13,14). The minimum atomic E-state index is -0.709. The second kappa shape index (κ2) is 4.95. The summed E-state index contributed by atoms with van der Waals surface area (Å²) in [6, 6.07) is 0. The summed E-state index contributed by atoms with van der Waals surface area (Å²) in [5.41, 5.74) is 5.03. The number of likely N-dealkylation sites (tertiary alicyclic amines) is 1. The molecule has 0 saturated carbocycles. The first-order chi connectivity index (χ1) is 6.59. The molecule has 0 unspecified atom stereocenters. The molecule has 0 aliphatic carbocycles. The molecule has 0 aromatic heterocycles. The predicted octanol–water partition coefficient (Wildman–Crippen LogP) is -0.342. The fourth-order valence-corrected chi connectivity index (χ4v) is 1.67. The highest BCUT2D eigenvalue weighted by atomic mass is 16.4. The summed E-state index contributed by atoms with van der Waals surface area (Å²) >= 11 is 0. The molecule has 0 atom stereocenters. The number of hydrogen-bond acceptors (Lipinski definition) is 3. The lowest BCUT2D eigenvalue weighted by Crippen LogP contribution is -2.37. The van der Waals surface area contributed by atoms with Gasteiger partial charge in [-0.25, -0.2) is 0 Å². The van der Waals surface area contributed by atoms with Gasteiger partial charge in [0.2, 0.25) is 5.91 Å². The van der Waals surface area contributed by atoms with E-state index in [-0.39, 0.29) is 11.8 Å². The van der Waals surface area contributed by atoms with Gasteiger partial charge in [0.15, 0.2) is 0 Å². The zero-order valence-corrected chi connectivity index (χ0v) is 8.11. The van der Waals surface area contributed by atoms with Crippen LogP contribution in [0.15, 0.2) is 0 Å². The van der Waals surface area contributed by atoms with Gasteiger partial charge in [-0.3, -0.25) is 9.59 Å². The number of nitrogens with zero attached hydrogens (tertiary/aromatic N) is 1. The fourth-order valence-electron chi connectivity index (χ4n) is 1.67. The lowest BCUT2D eigenvalue weighted by Gasteiger charge is -2.29. The number of carboxylic acid groups (broad SMARTS) is 1. The molecule has 0 aromatic carbocycles. The van der Waals surface area contributed by atoms with Crippen molar-refractivity contribution in [3.8, 4) is 0 Å². The molecular weight excluding hydrogens is 184 g/mol. The van der Waals surface area contributed by atoms with Crippen molar-refractivity contribution < 1.29 is 14.7 Å². The number of aliphatic carboxylic acids is 1. The van der Waals surface area contributed by atoms with E-state index in [0.29, 0.717) is 25.8 Å². The number of carbonyl (C=O) groups excluding carboxylic acids is 1. The van der Waals surface area contributed by atoms with Gasteiger partial charge < -0.3 is 15.7 Å². The molecule has 0 aromatic rings. The maximum Gasteiger partial charge on any atom is 0.306 e. The van der Waals surface area contributed by atoms with E-state index in [9.17, 15) is 9.59 Å². The number of primary amides is 1. The third-order valence-electron chi connectivity index (χ3n) is 2.61. The molecule has 14 heavy (non-hydrogen) atoms. The molecule has 5 heteroatoms. The zero-order valence-electron chi connectivity index (χ0n) is 8.11. The number of hydrogen-bond donors (Lipinski definition) is 2. The van der Waals surface area contributed by atoms with E-state index >= 15 is 0 Å². The van der Waals surface area contributed by atoms with Crippen LogP contribution in [0.25, 0.3) is 0 Å². The molecule has 80 valence electrons. The van der Waals surface area contributed by atoms with Crippen LogP contribution in [0.4, 0.5) is 0 Å². The van der Waals surface area contributed by atoms with Gasteiger partial charge in [0, 0.05) is 13.0 Å². The summed E-state index contributed by atoms with van der Waals surface area (Å²) in [7, 11) is 0. The number of piperidine rings is 1. The fraction of sp³-hybridized carbons (Fsp3) is 0.778. The molecule has 1 aliphatic rings. The van der Waals surface area contributed by atoms with Crippen LogP contribution in [0.2, 0.25) is 0 Å². The minimum Gasteiger partial charge on any atom is -0.481 e.